The van der Waals surface area contributed by atoms with Crippen LogP contribution in [0.3, 0.4) is 0 Å². The van der Waals surface area contributed by atoms with Gasteiger partial charge in [0.15, 0.2) is 0 Å². The Morgan fingerprint density at radius 1 is 1.32 bits per heavy atom. The van der Waals surface area contributed by atoms with Gasteiger partial charge in [-0.15, -0.1) is 0 Å². The van der Waals surface area contributed by atoms with Crippen LogP contribution in [0, 0.1) is 17.8 Å². The van der Waals surface area contributed by atoms with Gasteiger partial charge in [-0.25, -0.2) is 0 Å². The summed E-state index contributed by atoms with van der Waals surface area (Å²) in [4.78, 5) is 12.3. The lowest BCUT2D eigenvalue weighted by atomic mass is 9.68. The van der Waals surface area contributed by atoms with Gasteiger partial charge in [0.05, 0.1) is 12.2 Å². The van der Waals surface area contributed by atoms with Gasteiger partial charge in [-0.3, -0.25) is 4.79 Å². The molecule has 19 heavy (non-hydrogen) atoms. The van der Waals surface area contributed by atoms with E-state index in [-0.39, 0.29) is 5.60 Å². The van der Waals surface area contributed by atoms with Crippen LogP contribution in [0.5, 0.6) is 0 Å². The Hall–Kier alpha value is -0.410. The predicted molar refractivity (Wildman–Crippen MR) is 73.0 cm³/mol. The van der Waals surface area contributed by atoms with E-state index in [4.69, 9.17) is 9.47 Å². The molecule has 3 rings (SSSR count). The Labute approximate surface area is 116 Å². The average Bonchev–Trinajstić information content (AvgIpc) is 2.87. The quantitative estimate of drug-likeness (QED) is 0.771. The van der Waals surface area contributed by atoms with Crippen LogP contribution in [0.25, 0.3) is 0 Å². The molecule has 3 fully saturated rings. The zero-order valence-electron chi connectivity index (χ0n) is 12.0. The first-order valence-corrected chi connectivity index (χ1v) is 7.97. The van der Waals surface area contributed by atoms with E-state index in [1.807, 2.05) is 0 Å². The van der Waals surface area contributed by atoms with Crippen molar-refractivity contribution in [3.8, 4) is 0 Å². The number of ether oxygens (including phenoxy) is 2. The van der Waals surface area contributed by atoms with E-state index in [9.17, 15) is 4.79 Å². The van der Waals surface area contributed by atoms with E-state index in [1.54, 1.807) is 0 Å². The first-order valence-electron chi connectivity index (χ1n) is 7.97. The number of rotatable bonds is 2. The molecule has 2 heterocycles. The summed E-state index contributed by atoms with van der Waals surface area (Å²) in [5, 5.41) is 0. The molecule has 3 nitrogen and oxygen atoms in total. The molecule has 3 aliphatic rings. The summed E-state index contributed by atoms with van der Waals surface area (Å²) >= 11 is 0. The highest BCUT2D eigenvalue weighted by atomic mass is 16.6. The van der Waals surface area contributed by atoms with Crippen molar-refractivity contribution in [2.45, 2.75) is 57.5 Å². The largest absolute Gasteiger partial charge is 0.378 e. The molecule has 3 heteroatoms. The van der Waals surface area contributed by atoms with Crippen molar-refractivity contribution in [3.63, 3.8) is 0 Å². The van der Waals surface area contributed by atoms with Crippen molar-refractivity contribution in [3.05, 3.63) is 0 Å². The van der Waals surface area contributed by atoms with Crippen LogP contribution < -0.4 is 0 Å². The second-order valence-corrected chi connectivity index (χ2v) is 6.71. The van der Waals surface area contributed by atoms with Crippen LogP contribution in [0.15, 0.2) is 0 Å². The smallest absolute Gasteiger partial charge is 0.136 e. The molecule has 108 valence electrons. The maximum absolute atomic E-state index is 12.3. The van der Waals surface area contributed by atoms with Gasteiger partial charge in [-0.2, -0.15) is 0 Å². The van der Waals surface area contributed by atoms with Gasteiger partial charge in [0.1, 0.15) is 5.78 Å². The fourth-order valence-electron chi connectivity index (χ4n) is 4.24. The van der Waals surface area contributed by atoms with E-state index in [0.717, 1.165) is 64.3 Å². The van der Waals surface area contributed by atoms with Crippen LogP contribution in [-0.4, -0.2) is 31.2 Å². The van der Waals surface area contributed by atoms with E-state index in [0.29, 0.717) is 17.6 Å². The molecule has 1 spiro atoms. The van der Waals surface area contributed by atoms with Gasteiger partial charge in [0.25, 0.3) is 0 Å². The Morgan fingerprint density at radius 2 is 2.21 bits per heavy atom. The maximum Gasteiger partial charge on any atom is 0.136 e. The van der Waals surface area contributed by atoms with Crippen molar-refractivity contribution >= 4 is 5.78 Å². The van der Waals surface area contributed by atoms with Crippen molar-refractivity contribution < 1.29 is 14.3 Å². The molecule has 0 aromatic rings. The summed E-state index contributed by atoms with van der Waals surface area (Å²) in [5.41, 5.74) is -0.0532. The van der Waals surface area contributed by atoms with Gasteiger partial charge in [0.2, 0.25) is 0 Å². The minimum atomic E-state index is -0.0532. The number of ketones is 1. The molecule has 1 saturated carbocycles. The molecule has 0 aromatic carbocycles. The van der Waals surface area contributed by atoms with E-state index < -0.39 is 0 Å². The highest BCUT2D eigenvalue weighted by molar-refractivity contribution is 5.82. The topological polar surface area (TPSA) is 35.5 Å². The summed E-state index contributed by atoms with van der Waals surface area (Å²) in [6, 6.07) is 0. The lowest BCUT2D eigenvalue weighted by molar-refractivity contribution is -0.137. The van der Waals surface area contributed by atoms with Crippen LogP contribution in [0.4, 0.5) is 0 Å². The lowest BCUT2D eigenvalue weighted by Gasteiger charge is -2.42. The normalized spacial score (nSPS) is 43.8. The van der Waals surface area contributed by atoms with Crippen molar-refractivity contribution in [1.29, 1.82) is 0 Å². The Balaban J connectivity index is 1.68. The molecular weight excluding hydrogens is 240 g/mol. The van der Waals surface area contributed by atoms with Crippen molar-refractivity contribution in [1.82, 2.24) is 0 Å². The maximum atomic E-state index is 12.3. The molecule has 4 atom stereocenters. The minimum Gasteiger partial charge on any atom is -0.378 e. The van der Waals surface area contributed by atoms with Crippen molar-refractivity contribution in [2.24, 2.45) is 17.8 Å². The third-order valence-electron chi connectivity index (χ3n) is 5.54. The van der Waals surface area contributed by atoms with Crippen LogP contribution >= 0.6 is 0 Å². The molecular formula is C16H26O3. The highest BCUT2D eigenvalue weighted by Gasteiger charge is 2.45. The lowest BCUT2D eigenvalue weighted by Crippen LogP contribution is -2.44. The number of hydrogen-bond donors (Lipinski definition) is 0. The van der Waals surface area contributed by atoms with Gasteiger partial charge in [0, 0.05) is 32.0 Å². The first-order chi connectivity index (χ1) is 9.22. The first kappa shape index (κ1) is 13.6. The molecule has 0 aromatic heterocycles. The van der Waals surface area contributed by atoms with Gasteiger partial charge >= 0.3 is 0 Å². The molecule has 0 bridgehead atoms. The Bertz CT molecular complexity index is 333. The fourth-order valence-corrected chi connectivity index (χ4v) is 4.24. The number of Topliss-reactive ketones (excluding diaryl/α,β-unsaturated/α-hetero) is 1. The zero-order chi connectivity index (χ0) is 13.3. The van der Waals surface area contributed by atoms with Gasteiger partial charge in [-0.1, -0.05) is 13.3 Å². The number of carbonyl (C=O) groups excluding carboxylic acids is 1. The third-order valence-corrected chi connectivity index (χ3v) is 5.54. The molecule has 1 aliphatic carbocycles. The number of hydrogen-bond acceptors (Lipinski definition) is 3. The van der Waals surface area contributed by atoms with E-state index in [1.165, 1.54) is 6.42 Å². The molecule has 0 amide bonds. The monoisotopic (exact) mass is 266 g/mol. The summed E-state index contributed by atoms with van der Waals surface area (Å²) < 4.78 is 11.5. The van der Waals surface area contributed by atoms with Gasteiger partial charge < -0.3 is 9.47 Å². The zero-order valence-corrected chi connectivity index (χ0v) is 12.0. The SMILES string of the molecule is CCC1CCC(=O)C(C2CCOC3(CCOC3)C2)C1. The van der Waals surface area contributed by atoms with Crippen LogP contribution in [0.2, 0.25) is 0 Å². The third kappa shape index (κ3) is 2.73. The predicted octanol–water partition coefficient (Wildman–Crippen LogP) is 2.97. The molecule has 2 saturated heterocycles. The number of carbonyl (C=O) groups is 1. The fraction of sp³-hybridized carbons (Fsp3) is 0.938. The second kappa shape index (κ2) is 5.53. The van der Waals surface area contributed by atoms with Crippen LogP contribution in [0.1, 0.15) is 51.9 Å². The highest BCUT2D eigenvalue weighted by Crippen LogP contribution is 2.43. The molecule has 0 N–H and O–H groups in total. The molecule has 0 radical (unpaired) electrons. The van der Waals surface area contributed by atoms with Gasteiger partial charge in [-0.05, 0) is 37.5 Å². The van der Waals surface area contributed by atoms with Crippen LogP contribution in [-0.2, 0) is 14.3 Å². The Kier molecular flexibility index (Phi) is 3.95. The van der Waals surface area contributed by atoms with Crippen molar-refractivity contribution in [2.75, 3.05) is 19.8 Å². The molecule has 2 aliphatic heterocycles. The summed E-state index contributed by atoms with van der Waals surface area (Å²) in [7, 11) is 0. The molecule has 4 unspecified atom stereocenters. The average molecular weight is 266 g/mol. The standard InChI is InChI=1S/C16H26O3/c1-2-12-3-4-15(17)14(9-12)13-5-7-19-16(10-13)6-8-18-11-16/h12-14H,2-11H2,1H3. The van der Waals surface area contributed by atoms with E-state index in [2.05, 4.69) is 6.92 Å². The van der Waals surface area contributed by atoms with E-state index >= 15 is 0 Å². The second-order valence-electron chi connectivity index (χ2n) is 6.71. The summed E-state index contributed by atoms with van der Waals surface area (Å²) in [6.07, 6.45) is 7.39. The summed E-state index contributed by atoms with van der Waals surface area (Å²) in [6.45, 7) is 4.63. The summed E-state index contributed by atoms with van der Waals surface area (Å²) in [5.74, 6) is 2.13. The minimum absolute atomic E-state index is 0.0532. The Morgan fingerprint density at radius 3 is 2.95 bits per heavy atom.